The number of pyridine rings is 1. The van der Waals surface area contributed by atoms with Crippen LogP contribution in [0, 0.1) is 0 Å². The van der Waals surface area contributed by atoms with E-state index >= 15 is 0 Å². The van der Waals surface area contributed by atoms with Gasteiger partial charge in [0.05, 0.1) is 11.4 Å². The van der Waals surface area contributed by atoms with Crippen LogP contribution in [0.5, 0.6) is 0 Å². The van der Waals surface area contributed by atoms with Crippen molar-refractivity contribution in [1.29, 1.82) is 0 Å². The summed E-state index contributed by atoms with van der Waals surface area (Å²) in [4.78, 5) is 15.3. The van der Waals surface area contributed by atoms with E-state index in [9.17, 15) is 4.79 Å². The van der Waals surface area contributed by atoms with Crippen LogP contribution in [0.1, 0.15) is 5.56 Å². The van der Waals surface area contributed by atoms with Crippen LogP contribution in [-0.4, -0.2) is 10.9 Å². The van der Waals surface area contributed by atoms with Gasteiger partial charge in [0, 0.05) is 17.8 Å². The van der Waals surface area contributed by atoms with E-state index in [0.29, 0.717) is 10.6 Å². The van der Waals surface area contributed by atoms with Crippen LogP contribution in [-0.2, 0) is 11.2 Å². The zero-order valence-corrected chi connectivity index (χ0v) is 11.2. The van der Waals surface area contributed by atoms with Crippen molar-refractivity contribution >= 4 is 28.6 Å². The van der Waals surface area contributed by atoms with E-state index in [-0.39, 0.29) is 12.3 Å². The maximum Gasteiger partial charge on any atom is 0.221 e. The van der Waals surface area contributed by atoms with Gasteiger partial charge in [-0.1, -0.05) is 35.9 Å². The molecule has 0 fully saturated rings. The standard InChI is InChI=1S/C15H11ClN2O2/c16-11-6-13-15(18-7-11)12(8-20-13)10-3-1-2-9(4-10)5-14(17)19/h1-4,6-8H,5H2,(H2,17,19). The number of amides is 1. The van der Waals surface area contributed by atoms with Gasteiger partial charge in [0.15, 0.2) is 5.58 Å². The van der Waals surface area contributed by atoms with Gasteiger partial charge in [-0.15, -0.1) is 0 Å². The SMILES string of the molecule is NC(=O)Cc1cccc(-c2coc3cc(Cl)cnc23)c1. The summed E-state index contributed by atoms with van der Waals surface area (Å²) in [7, 11) is 0. The van der Waals surface area contributed by atoms with Crippen molar-refractivity contribution in [3.63, 3.8) is 0 Å². The number of nitrogens with zero attached hydrogens (tertiary/aromatic N) is 1. The molecule has 2 N–H and O–H groups in total. The highest BCUT2D eigenvalue weighted by molar-refractivity contribution is 6.31. The second-order valence-corrected chi connectivity index (χ2v) is 4.93. The molecule has 0 bridgehead atoms. The van der Waals surface area contributed by atoms with Crippen molar-refractivity contribution in [3.8, 4) is 11.1 Å². The van der Waals surface area contributed by atoms with Gasteiger partial charge in [0.25, 0.3) is 0 Å². The van der Waals surface area contributed by atoms with Crippen molar-refractivity contribution in [2.45, 2.75) is 6.42 Å². The lowest BCUT2D eigenvalue weighted by Gasteiger charge is -2.02. The van der Waals surface area contributed by atoms with E-state index in [1.54, 1.807) is 18.5 Å². The smallest absolute Gasteiger partial charge is 0.221 e. The zero-order valence-electron chi connectivity index (χ0n) is 10.5. The molecule has 1 aromatic carbocycles. The molecule has 0 aliphatic heterocycles. The molecule has 2 aromatic heterocycles. The van der Waals surface area contributed by atoms with Crippen LogP contribution >= 0.6 is 11.6 Å². The van der Waals surface area contributed by atoms with Crippen molar-refractivity contribution in [2.75, 3.05) is 0 Å². The minimum absolute atomic E-state index is 0.211. The minimum Gasteiger partial charge on any atom is -0.462 e. The van der Waals surface area contributed by atoms with E-state index in [1.807, 2.05) is 24.3 Å². The Bertz CT molecular complexity index is 795. The minimum atomic E-state index is -0.357. The number of furan rings is 1. The molecule has 0 saturated carbocycles. The maximum absolute atomic E-state index is 11.0. The summed E-state index contributed by atoms with van der Waals surface area (Å²) in [5.74, 6) is -0.357. The topological polar surface area (TPSA) is 69.1 Å². The Morgan fingerprint density at radius 2 is 2.20 bits per heavy atom. The second-order valence-electron chi connectivity index (χ2n) is 4.49. The van der Waals surface area contributed by atoms with Gasteiger partial charge in [-0.25, -0.2) is 0 Å². The molecule has 0 aliphatic rings. The van der Waals surface area contributed by atoms with Gasteiger partial charge < -0.3 is 10.2 Å². The first-order chi connectivity index (χ1) is 9.63. The van der Waals surface area contributed by atoms with Gasteiger partial charge in [-0.2, -0.15) is 0 Å². The fourth-order valence-corrected chi connectivity index (χ4v) is 2.29. The van der Waals surface area contributed by atoms with Gasteiger partial charge in [-0.3, -0.25) is 9.78 Å². The Hall–Kier alpha value is -2.33. The first-order valence-corrected chi connectivity index (χ1v) is 6.41. The molecule has 0 radical (unpaired) electrons. The van der Waals surface area contributed by atoms with Crippen molar-refractivity contribution in [3.05, 3.63) is 53.4 Å². The van der Waals surface area contributed by atoms with Gasteiger partial charge in [0.1, 0.15) is 11.8 Å². The molecule has 4 nitrogen and oxygen atoms in total. The summed E-state index contributed by atoms with van der Waals surface area (Å²) >= 11 is 5.88. The molecule has 2 heterocycles. The first-order valence-electron chi connectivity index (χ1n) is 6.04. The lowest BCUT2D eigenvalue weighted by atomic mass is 10.0. The van der Waals surface area contributed by atoms with E-state index in [2.05, 4.69) is 4.98 Å². The molecular weight excluding hydrogens is 276 g/mol. The van der Waals surface area contributed by atoms with E-state index in [4.69, 9.17) is 21.8 Å². The number of nitrogens with two attached hydrogens (primary N) is 1. The molecule has 0 aliphatic carbocycles. The predicted octanol–water partition coefficient (Wildman–Crippen LogP) is 3.18. The predicted molar refractivity (Wildman–Crippen MR) is 77.4 cm³/mol. The number of fused-ring (bicyclic) bond motifs is 1. The third-order valence-corrected chi connectivity index (χ3v) is 3.20. The molecule has 0 unspecified atom stereocenters. The number of rotatable bonds is 3. The molecule has 20 heavy (non-hydrogen) atoms. The van der Waals surface area contributed by atoms with Crippen molar-refractivity contribution < 1.29 is 9.21 Å². The normalized spacial score (nSPS) is 10.8. The largest absolute Gasteiger partial charge is 0.462 e. The molecular formula is C15H11ClN2O2. The zero-order chi connectivity index (χ0) is 14.1. The summed E-state index contributed by atoms with van der Waals surface area (Å²) in [5, 5.41) is 0.529. The Balaban J connectivity index is 2.09. The van der Waals surface area contributed by atoms with Crippen LogP contribution in [0.4, 0.5) is 0 Å². The first kappa shape index (κ1) is 12.7. The van der Waals surface area contributed by atoms with Crippen molar-refractivity contribution in [2.24, 2.45) is 5.73 Å². The van der Waals surface area contributed by atoms with E-state index in [0.717, 1.165) is 22.2 Å². The molecule has 5 heteroatoms. The number of carbonyl (C=O) groups excluding carboxylic acids is 1. The Kier molecular flexibility index (Phi) is 3.16. The summed E-state index contributed by atoms with van der Waals surface area (Å²) in [6.07, 6.45) is 3.43. The Morgan fingerprint density at radius 3 is 3.00 bits per heavy atom. The van der Waals surface area contributed by atoms with Crippen LogP contribution in [0.3, 0.4) is 0 Å². The summed E-state index contributed by atoms with van der Waals surface area (Å²) in [5.41, 5.74) is 9.24. The number of primary amides is 1. The maximum atomic E-state index is 11.0. The van der Waals surface area contributed by atoms with Crippen molar-refractivity contribution in [1.82, 2.24) is 4.98 Å². The monoisotopic (exact) mass is 286 g/mol. The quantitative estimate of drug-likeness (QED) is 0.804. The third-order valence-electron chi connectivity index (χ3n) is 2.99. The number of benzene rings is 1. The lowest BCUT2D eigenvalue weighted by molar-refractivity contribution is -0.117. The fourth-order valence-electron chi connectivity index (χ4n) is 2.15. The Morgan fingerprint density at radius 1 is 1.35 bits per heavy atom. The van der Waals surface area contributed by atoms with Crippen LogP contribution < -0.4 is 5.73 Å². The Labute approximate surface area is 120 Å². The molecule has 1 amide bonds. The fraction of sp³-hybridized carbons (Fsp3) is 0.0667. The van der Waals surface area contributed by atoms with Gasteiger partial charge >= 0.3 is 0 Å². The highest BCUT2D eigenvalue weighted by atomic mass is 35.5. The van der Waals surface area contributed by atoms with E-state index in [1.165, 1.54) is 0 Å². The van der Waals surface area contributed by atoms with Crippen LogP contribution in [0.15, 0.2) is 47.2 Å². The van der Waals surface area contributed by atoms with Gasteiger partial charge in [-0.05, 0) is 11.1 Å². The number of hydrogen-bond acceptors (Lipinski definition) is 3. The molecule has 0 spiro atoms. The summed E-state index contributed by atoms with van der Waals surface area (Å²) < 4.78 is 5.47. The number of aromatic nitrogens is 1. The van der Waals surface area contributed by atoms with Crippen LogP contribution in [0.2, 0.25) is 5.02 Å². The molecule has 3 rings (SSSR count). The number of halogens is 1. The van der Waals surface area contributed by atoms with Gasteiger partial charge in [0.2, 0.25) is 5.91 Å². The van der Waals surface area contributed by atoms with E-state index < -0.39 is 0 Å². The molecule has 3 aromatic rings. The average Bonchev–Trinajstić information content (AvgIpc) is 2.81. The third kappa shape index (κ3) is 2.38. The average molecular weight is 287 g/mol. The molecule has 100 valence electrons. The molecule has 0 atom stereocenters. The van der Waals surface area contributed by atoms with Crippen LogP contribution in [0.25, 0.3) is 22.2 Å². The summed E-state index contributed by atoms with van der Waals surface area (Å²) in [6.45, 7) is 0. The lowest BCUT2D eigenvalue weighted by Crippen LogP contribution is -2.13. The molecule has 0 saturated heterocycles. The highest BCUT2D eigenvalue weighted by Crippen LogP contribution is 2.30. The number of carbonyl (C=O) groups is 1. The summed E-state index contributed by atoms with van der Waals surface area (Å²) in [6, 6.07) is 9.31. The second kappa shape index (κ2) is 4.98. The highest BCUT2D eigenvalue weighted by Gasteiger charge is 2.10. The number of hydrogen-bond donors (Lipinski definition) is 1.